The lowest BCUT2D eigenvalue weighted by Crippen LogP contribution is -1.76. The minimum absolute atomic E-state index is 0.954. The van der Waals surface area contributed by atoms with Gasteiger partial charge in [0, 0.05) is 10.0 Å². The normalized spacial score (nSPS) is 9.39. The molecule has 0 aliphatic heterocycles. The first kappa shape index (κ1) is 13.0. The van der Waals surface area contributed by atoms with Gasteiger partial charge >= 0.3 is 0 Å². The number of terminal acetylenes is 1. The number of hydrogen-bond acceptors (Lipinski definition) is 1. The molecule has 0 bridgehead atoms. The fourth-order valence-electron chi connectivity index (χ4n) is 1.54. The van der Waals surface area contributed by atoms with Crippen LogP contribution in [0.4, 0.5) is 0 Å². The Morgan fingerprint density at radius 3 is 2.50 bits per heavy atom. The Labute approximate surface area is 120 Å². The first-order chi connectivity index (χ1) is 8.72. The van der Waals surface area contributed by atoms with Gasteiger partial charge in [-0.2, -0.15) is 0 Å². The van der Waals surface area contributed by atoms with Gasteiger partial charge in [0.15, 0.2) is 0 Å². The Morgan fingerprint density at radius 2 is 1.94 bits per heavy atom. The molecule has 88 valence electrons. The number of benzene rings is 1. The van der Waals surface area contributed by atoms with Crippen molar-refractivity contribution in [2.45, 2.75) is 13.3 Å². The van der Waals surface area contributed by atoms with E-state index in [1.165, 1.54) is 5.56 Å². The van der Waals surface area contributed by atoms with Crippen LogP contribution in [0.5, 0.6) is 0 Å². The van der Waals surface area contributed by atoms with Crippen LogP contribution in [0.2, 0.25) is 0 Å². The van der Waals surface area contributed by atoms with E-state index in [-0.39, 0.29) is 0 Å². The van der Waals surface area contributed by atoms with Gasteiger partial charge < -0.3 is 0 Å². The van der Waals surface area contributed by atoms with E-state index in [0.29, 0.717) is 0 Å². The summed E-state index contributed by atoms with van der Waals surface area (Å²) in [4.78, 5) is 2.03. The van der Waals surface area contributed by atoms with Gasteiger partial charge in [0.1, 0.15) is 0 Å². The first-order valence-corrected chi connectivity index (χ1v) is 7.20. The summed E-state index contributed by atoms with van der Waals surface area (Å²) in [6.45, 7) is 2.11. The van der Waals surface area contributed by atoms with Crippen molar-refractivity contribution in [3.05, 3.63) is 55.7 Å². The fourth-order valence-corrected chi connectivity index (χ4v) is 2.72. The Hall–Kier alpha value is -1.48. The second-order valence-corrected chi connectivity index (χ2v) is 5.69. The highest BCUT2D eigenvalue weighted by Crippen LogP contribution is 2.21. The van der Waals surface area contributed by atoms with Crippen molar-refractivity contribution in [3.8, 4) is 24.2 Å². The zero-order valence-corrected chi connectivity index (χ0v) is 12.4. The Morgan fingerprint density at radius 1 is 1.22 bits per heavy atom. The van der Waals surface area contributed by atoms with E-state index in [4.69, 9.17) is 6.42 Å². The molecule has 1 heterocycles. The molecule has 0 atom stereocenters. The first-order valence-electron chi connectivity index (χ1n) is 5.60. The van der Waals surface area contributed by atoms with Crippen molar-refractivity contribution in [1.29, 1.82) is 0 Å². The molecular weight excluding hydrogens is 304 g/mol. The molecule has 1 aromatic carbocycles. The van der Waals surface area contributed by atoms with E-state index in [1.807, 2.05) is 24.3 Å². The lowest BCUT2D eigenvalue weighted by Gasteiger charge is -1.89. The Bertz CT molecular complexity index is 645. The largest absolute Gasteiger partial charge is 0.118 e. The van der Waals surface area contributed by atoms with E-state index in [1.54, 1.807) is 11.3 Å². The van der Waals surface area contributed by atoms with Crippen molar-refractivity contribution in [2.75, 3.05) is 0 Å². The van der Waals surface area contributed by atoms with Crippen LogP contribution in [0.15, 0.2) is 34.8 Å². The molecule has 0 aliphatic carbocycles. The van der Waals surface area contributed by atoms with Crippen LogP contribution in [-0.2, 0) is 6.42 Å². The van der Waals surface area contributed by atoms with E-state index in [0.717, 1.165) is 26.2 Å². The third-order valence-corrected chi connectivity index (χ3v) is 4.05. The summed E-state index contributed by atoms with van der Waals surface area (Å²) in [5.41, 5.74) is 2.22. The molecule has 2 heteroatoms. The molecule has 0 fully saturated rings. The maximum Gasteiger partial charge on any atom is 0.0810 e. The summed E-state index contributed by atoms with van der Waals surface area (Å²) in [5.74, 6) is 9.03. The molecule has 2 aromatic rings. The number of hydrogen-bond donors (Lipinski definition) is 0. The predicted molar refractivity (Wildman–Crippen MR) is 81.8 cm³/mol. The molecule has 0 saturated carbocycles. The summed E-state index contributed by atoms with van der Waals surface area (Å²) < 4.78 is 1.06. The quantitative estimate of drug-likeness (QED) is 0.682. The highest BCUT2D eigenvalue weighted by Gasteiger charge is 2.03. The topological polar surface area (TPSA) is 0 Å². The van der Waals surface area contributed by atoms with E-state index >= 15 is 0 Å². The van der Waals surface area contributed by atoms with Gasteiger partial charge in [0.2, 0.25) is 0 Å². The maximum absolute atomic E-state index is 5.47. The second-order valence-electron chi connectivity index (χ2n) is 3.72. The smallest absolute Gasteiger partial charge is 0.0810 e. The molecule has 2 rings (SSSR count). The van der Waals surface area contributed by atoms with Crippen LogP contribution in [0.1, 0.15) is 27.8 Å². The van der Waals surface area contributed by atoms with Gasteiger partial charge in [0.05, 0.1) is 9.75 Å². The minimum Gasteiger partial charge on any atom is -0.118 e. The second kappa shape index (κ2) is 5.91. The van der Waals surface area contributed by atoms with Crippen LogP contribution in [-0.4, -0.2) is 0 Å². The summed E-state index contributed by atoms with van der Waals surface area (Å²) >= 11 is 4.99. The molecule has 0 aliphatic rings. The van der Waals surface area contributed by atoms with Crippen LogP contribution in [0.25, 0.3) is 0 Å². The van der Waals surface area contributed by atoms with Gasteiger partial charge in [-0.15, -0.1) is 17.8 Å². The SMILES string of the molecule is C#Cc1sc(C#Cc2ccc(Br)cc2)cc1CC. The molecule has 0 saturated heterocycles. The molecule has 1 aromatic heterocycles. The number of thiophene rings is 1. The van der Waals surface area contributed by atoms with Crippen molar-refractivity contribution in [1.82, 2.24) is 0 Å². The van der Waals surface area contributed by atoms with E-state index in [2.05, 4.69) is 46.7 Å². The summed E-state index contributed by atoms with van der Waals surface area (Å²) in [6, 6.07) is 10.1. The minimum atomic E-state index is 0.954. The molecule has 18 heavy (non-hydrogen) atoms. The molecule has 0 amide bonds. The number of rotatable bonds is 1. The van der Waals surface area contributed by atoms with Gasteiger partial charge in [-0.1, -0.05) is 40.6 Å². The molecule has 0 radical (unpaired) electrons. The molecule has 0 N–H and O–H groups in total. The van der Waals surface area contributed by atoms with Crippen LogP contribution in [0, 0.1) is 24.2 Å². The van der Waals surface area contributed by atoms with Gasteiger partial charge in [-0.3, -0.25) is 0 Å². The lowest BCUT2D eigenvalue weighted by atomic mass is 10.2. The standard InChI is InChI=1S/C16H11BrS/c1-3-13-11-15(18-16(13)4-2)10-7-12-5-8-14(17)9-6-12/h2,5-6,8-9,11H,3H2,1H3. The van der Waals surface area contributed by atoms with Crippen molar-refractivity contribution in [2.24, 2.45) is 0 Å². The Balaban J connectivity index is 2.27. The Kier molecular flexibility index (Phi) is 4.26. The zero-order chi connectivity index (χ0) is 13.0. The average molecular weight is 315 g/mol. The van der Waals surface area contributed by atoms with E-state index in [9.17, 15) is 0 Å². The predicted octanol–water partition coefficient (Wildman–Crippen LogP) is 4.45. The zero-order valence-electron chi connectivity index (χ0n) is 9.96. The van der Waals surface area contributed by atoms with Gasteiger partial charge in [-0.05, 0) is 42.3 Å². The van der Waals surface area contributed by atoms with Crippen LogP contribution in [0.3, 0.4) is 0 Å². The van der Waals surface area contributed by atoms with Crippen LogP contribution >= 0.6 is 27.3 Å². The van der Waals surface area contributed by atoms with Crippen molar-refractivity contribution >= 4 is 27.3 Å². The number of aryl methyl sites for hydroxylation is 1. The average Bonchev–Trinajstić information content (AvgIpc) is 2.80. The van der Waals surface area contributed by atoms with Crippen molar-refractivity contribution < 1.29 is 0 Å². The lowest BCUT2D eigenvalue weighted by molar-refractivity contribution is 1.15. The van der Waals surface area contributed by atoms with Gasteiger partial charge in [0.25, 0.3) is 0 Å². The number of halogens is 1. The monoisotopic (exact) mass is 314 g/mol. The third kappa shape index (κ3) is 3.05. The summed E-state index contributed by atoms with van der Waals surface area (Å²) in [6.07, 6.45) is 6.42. The third-order valence-electron chi connectivity index (χ3n) is 2.50. The summed E-state index contributed by atoms with van der Waals surface area (Å²) in [7, 11) is 0. The molecule has 0 unspecified atom stereocenters. The van der Waals surface area contributed by atoms with Crippen molar-refractivity contribution in [3.63, 3.8) is 0 Å². The van der Waals surface area contributed by atoms with Crippen LogP contribution < -0.4 is 0 Å². The fraction of sp³-hybridized carbons (Fsp3) is 0.125. The summed E-state index contributed by atoms with van der Waals surface area (Å²) in [5, 5.41) is 0. The highest BCUT2D eigenvalue weighted by molar-refractivity contribution is 9.10. The molecule has 0 nitrogen and oxygen atoms in total. The molecular formula is C16H11BrS. The van der Waals surface area contributed by atoms with E-state index < -0.39 is 0 Å². The molecule has 0 spiro atoms. The van der Waals surface area contributed by atoms with Gasteiger partial charge in [-0.25, -0.2) is 0 Å². The maximum atomic E-state index is 5.47. The highest BCUT2D eigenvalue weighted by atomic mass is 79.9.